The SMILES string of the molecule is CC(C)OC(C)[C@@H]1CC(F)(F)CN1C. The molecule has 0 radical (unpaired) electrons. The van der Waals surface area contributed by atoms with Crippen molar-refractivity contribution in [1.29, 1.82) is 0 Å². The number of ether oxygens (including phenoxy) is 1. The van der Waals surface area contributed by atoms with Gasteiger partial charge in [-0.15, -0.1) is 0 Å². The molecule has 14 heavy (non-hydrogen) atoms. The Bertz CT molecular complexity index is 197. The van der Waals surface area contributed by atoms with E-state index in [2.05, 4.69) is 0 Å². The Hall–Kier alpha value is -0.220. The van der Waals surface area contributed by atoms with Gasteiger partial charge in [0.1, 0.15) is 0 Å². The van der Waals surface area contributed by atoms with Crippen LogP contribution in [0.2, 0.25) is 0 Å². The molecule has 1 saturated heterocycles. The molecule has 0 spiro atoms. The third kappa shape index (κ3) is 2.89. The van der Waals surface area contributed by atoms with Crippen molar-refractivity contribution in [3.05, 3.63) is 0 Å². The minimum atomic E-state index is -2.55. The highest BCUT2D eigenvalue weighted by Crippen LogP contribution is 2.33. The molecule has 2 atom stereocenters. The topological polar surface area (TPSA) is 12.5 Å². The van der Waals surface area contributed by atoms with Crippen molar-refractivity contribution >= 4 is 0 Å². The zero-order valence-electron chi connectivity index (χ0n) is 9.26. The Morgan fingerprint density at radius 1 is 1.36 bits per heavy atom. The Labute approximate surface area is 84.2 Å². The molecule has 0 N–H and O–H groups in total. The first kappa shape index (κ1) is 11.9. The van der Waals surface area contributed by atoms with Crippen LogP contribution in [-0.4, -0.2) is 42.7 Å². The van der Waals surface area contributed by atoms with E-state index in [1.54, 1.807) is 11.9 Å². The van der Waals surface area contributed by atoms with Crippen molar-refractivity contribution in [2.75, 3.05) is 13.6 Å². The maximum Gasteiger partial charge on any atom is 0.262 e. The molecule has 1 aliphatic heterocycles. The summed E-state index contributed by atoms with van der Waals surface area (Å²) < 4.78 is 31.6. The highest BCUT2D eigenvalue weighted by atomic mass is 19.3. The van der Waals surface area contributed by atoms with Crippen molar-refractivity contribution in [2.24, 2.45) is 0 Å². The fourth-order valence-electron chi connectivity index (χ4n) is 2.05. The van der Waals surface area contributed by atoms with E-state index in [1.807, 2.05) is 20.8 Å². The number of alkyl halides is 2. The third-order valence-electron chi connectivity index (χ3n) is 2.58. The maximum atomic E-state index is 13.0. The standard InChI is InChI=1S/C10H19F2NO/c1-7(2)14-8(3)9-5-10(11,12)6-13(9)4/h7-9H,5-6H2,1-4H3/t8?,9-/m0/s1. The minimum absolute atomic E-state index is 0.0859. The summed E-state index contributed by atoms with van der Waals surface area (Å²) in [5, 5.41) is 0. The van der Waals surface area contributed by atoms with Gasteiger partial charge in [-0.05, 0) is 27.8 Å². The van der Waals surface area contributed by atoms with E-state index in [0.717, 1.165) is 0 Å². The highest BCUT2D eigenvalue weighted by molar-refractivity contribution is 4.91. The van der Waals surface area contributed by atoms with Crippen LogP contribution in [0.5, 0.6) is 0 Å². The van der Waals surface area contributed by atoms with E-state index < -0.39 is 5.92 Å². The summed E-state index contributed by atoms with van der Waals surface area (Å²) in [6.07, 6.45) is -0.127. The first-order valence-corrected chi connectivity index (χ1v) is 5.05. The smallest absolute Gasteiger partial charge is 0.262 e. The van der Waals surface area contributed by atoms with Gasteiger partial charge in [0.15, 0.2) is 0 Å². The largest absolute Gasteiger partial charge is 0.374 e. The number of hydrogen-bond acceptors (Lipinski definition) is 2. The number of likely N-dealkylation sites (tertiary alicyclic amines) is 1. The molecule has 0 aliphatic carbocycles. The lowest BCUT2D eigenvalue weighted by Gasteiger charge is -2.26. The van der Waals surface area contributed by atoms with E-state index >= 15 is 0 Å². The molecule has 0 aromatic heterocycles. The van der Waals surface area contributed by atoms with Gasteiger partial charge >= 0.3 is 0 Å². The lowest BCUT2D eigenvalue weighted by atomic mass is 10.1. The van der Waals surface area contributed by atoms with E-state index in [0.29, 0.717) is 0 Å². The molecule has 0 aromatic carbocycles. The molecular weight excluding hydrogens is 188 g/mol. The molecule has 0 aromatic rings. The second-order valence-electron chi connectivity index (χ2n) is 4.43. The van der Waals surface area contributed by atoms with Crippen LogP contribution < -0.4 is 0 Å². The number of rotatable bonds is 3. The summed E-state index contributed by atoms with van der Waals surface area (Å²) in [7, 11) is 1.73. The van der Waals surface area contributed by atoms with Crippen molar-refractivity contribution < 1.29 is 13.5 Å². The van der Waals surface area contributed by atoms with E-state index in [9.17, 15) is 8.78 Å². The van der Waals surface area contributed by atoms with Crippen molar-refractivity contribution in [3.8, 4) is 0 Å². The highest BCUT2D eigenvalue weighted by Gasteiger charge is 2.45. The van der Waals surface area contributed by atoms with Crippen LogP contribution >= 0.6 is 0 Å². The Balaban J connectivity index is 2.52. The Kier molecular flexibility index (Phi) is 3.48. The number of nitrogens with zero attached hydrogens (tertiary/aromatic N) is 1. The van der Waals surface area contributed by atoms with Gasteiger partial charge < -0.3 is 4.74 Å². The van der Waals surface area contributed by atoms with Gasteiger partial charge in [0.05, 0.1) is 18.8 Å². The molecule has 84 valence electrons. The second-order valence-corrected chi connectivity index (χ2v) is 4.43. The molecule has 1 aliphatic rings. The predicted octanol–water partition coefficient (Wildman–Crippen LogP) is 2.14. The molecule has 2 nitrogen and oxygen atoms in total. The van der Waals surface area contributed by atoms with Crippen molar-refractivity contribution in [1.82, 2.24) is 4.90 Å². The van der Waals surface area contributed by atoms with Crippen LogP contribution in [0.3, 0.4) is 0 Å². The molecule has 0 amide bonds. The van der Waals surface area contributed by atoms with E-state index in [4.69, 9.17) is 4.74 Å². The zero-order valence-corrected chi connectivity index (χ0v) is 9.26. The van der Waals surface area contributed by atoms with Gasteiger partial charge in [-0.1, -0.05) is 0 Å². The minimum Gasteiger partial charge on any atom is -0.374 e. The third-order valence-corrected chi connectivity index (χ3v) is 2.58. The van der Waals surface area contributed by atoms with Gasteiger partial charge in [-0.3, -0.25) is 4.90 Å². The first-order chi connectivity index (χ1) is 6.32. The number of likely N-dealkylation sites (N-methyl/N-ethyl adjacent to an activating group) is 1. The molecule has 4 heteroatoms. The van der Waals surface area contributed by atoms with Gasteiger partial charge in [-0.25, -0.2) is 8.78 Å². The lowest BCUT2D eigenvalue weighted by molar-refractivity contribution is -0.0243. The van der Waals surface area contributed by atoms with Gasteiger partial charge in [-0.2, -0.15) is 0 Å². The average molecular weight is 207 g/mol. The van der Waals surface area contributed by atoms with Crippen LogP contribution in [-0.2, 0) is 4.74 Å². The first-order valence-electron chi connectivity index (χ1n) is 5.05. The van der Waals surface area contributed by atoms with E-state index in [1.165, 1.54) is 0 Å². The molecule has 1 unspecified atom stereocenters. The zero-order chi connectivity index (χ0) is 10.9. The average Bonchev–Trinajstić information content (AvgIpc) is 2.23. The summed E-state index contributed by atoms with van der Waals surface area (Å²) in [6, 6.07) is -0.160. The molecule has 1 rings (SSSR count). The molecule has 0 saturated carbocycles. The quantitative estimate of drug-likeness (QED) is 0.703. The Morgan fingerprint density at radius 3 is 2.29 bits per heavy atom. The predicted molar refractivity (Wildman–Crippen MR) is 51.7 cm³/mol. The molecule has 1 heterocycles. The lowest BCUT2D eigenvalue weighted by Crippen LogP contribution is -2.37. The summed E-state index contributed by atoms with van der Waals surface area (Å²) in [4.78, 5) is 1.69. The maximum absolute atomic E-state index is 13.0. The van der Waals surface area contributed by atoms with Gasteiger partial charge in [0, 0.05) is 12.5 Å². The van der Waals surface area contributed by atoms with Gasteiger partial charge in [0.2, 0.25) is 0 Å². The summed E-state index contributed by atoms with van der Waals surface area (Å²) in [6.45, 7) is 5.55. The summed E-state index contributed by atoms with van der Waals surface area (Å²) in [5.74, 6) is -2.55. The van der Waals surface area contributed by atoms with Crippen LogP contribution in [0.25, 0.3) is 0 Å². The van der Waals surface area contributed by atoms with Crippen LogP contribution in [0, 0.1) is 0 Å². The fourth-order valence-corrected chi connectivity index (χ4v) is 2.05. The fraction of sp³-hybridized carbons (Fsp3) is 1.00. The van der Waals surface area contributed by atoms with Gasteiger partial charge in [0.25, 0.3) is 5.92 Å². The molecule has 0 bridgehead atoms. The number of hydrogen-bond donors (Lipinski definition) is 0. The monoisotopic (exact) mass is 207 g/mol. The van der Waals surface area contributed by atoms with Crippen molar-refractivity contribution in [3.63, 3.8) is 0 Å². The normalized spacial score (nSPS) is 29.8. The van der Waals surface area contributed by atoms with E-state index in [-0.39, 0.29) is 31.2 Å². The van der Waals surface area contributed by atoms with Crippen LogP contribution in [0.1, 0.15) is 27.2 Å². The van der Waals surface area contributed by atoms with Crippen LogP contribution in [0.4, 0.5) is 8.78 Å². The van der Waals surface area contributed by atoms with Crippen molar-refractivity contribution in [2.45, 2.75) is 51.4 Å². The molecule has 1 fully saturated rings. The number of halogens is 2. The summed E-state index contributed by atoms with van der Waals surface area (Å²) >= 11 is 0. The second kappa shape index (κ2) is 4.11. The molecular formula is C10H19F2NO. The Morgan fingerprint density at radius 2 is 1.93 bits per heavy atom. The van der Waals surface area contributed by atoms with Crippen LogP contribution in [0.15, 0.2) is 0 Å². The summed E-state index contributed by atoms with van der Waals surface area (Å²) in [5.41, 5.74) is 0.